The molecule has 0 fully saturated rings. The van der Waals surface area contributed by atoms with Gasteiger partial charge in [0.2, 0.25) is 0 Å². The number of furan rings is 1. The van der Waals surface area contributed by atoms with Gasteiger partial charge >= 0.3 is 0 Å². The zero-order valence-corrected chi connectivity index (χ0v) is 15.3. The summed E-state index contributed by atoms with van der Waals surface area (Å²) in [6.45, 7) is 6.44. The summed E-state index contributed by atoms with van der Waals surface area (Å²) in [5.41, 5.74) is 2.24. The quantitative estimate of drug-likeness (QED) is 0.443. The fraction of sp³-hybridized carbons (Fsp3) is 0.263. The number of ether oxygens (including phenoxy) is 1. The van der Waals surface area contributed by atoms with Crippen LogP contribution in [0.5, 0.6) is 5.75 Å². The highest BCUT2D eigenvalue weighted by Crippen LogP contribution is 2.27. The molecular weight excluding hydrogens is 334 g/mol. The predicted octanol–water partition coefficient (Wildman–Crippen LogP) is 4.38. The summed E-state index contributed by atoms with van der Waals surface area (Å²) < 4.78 is 12.7. The van der Waals surface area contributed by atoms with E-state index in [9.17, 15) is 0 Å². The van der Waals surface area contributed by atoms with Gasteiger partial charge in [-0.15, -0.1) is 16.8 Å². The van der Waals surface area contributed by atoms with Crippen molar-refractivity contribution in [2.24, 2.45) is 0 Å². The number of aromatic nitrogens is 3. The van der Waals surface area contributed by atoms with Crippen molar-refractivity contribution in [3.05, 3.63) is 60.6 Å². The van der Waals surface area contributed by atoms with Crippen LogP contribution < -0.4 is 4.74 Å². The van der Waals surface area contributed by atoms with Gasteiger partial charge in [-0.3, -0.25) is 4.57 Å². The van der Waals surface area contributed by atoms with E-state index in [0.717, 1.165) is 40.2 Å². The van der Waals surface area contributed by atoms with Crippen LogP contribution in [-0.4, -0.2) is 27.6 Å². The molecule has 0 saturated heterocycles. The van der Waals surface area contributed by atoms with Crippen molar-refractivity contribution < 1.29 is 9.15 Å². The van der Waals surface area contributed by atoms with Gasteiger partial charge in [0.05, 0.1) is 18.9 Å². The Labute approximate surface area is 151 Å². The number of nitrogens with zero attached hydrogens (tertiary/aromatic N) is 3. The molecule has 0 aliphatic carbocycles. The molecule has 0 aliphatic heterocycles. The van der Waals surface area contributed by atoms with Gasteiger partial charge in [-0.2, -0.15) is 0 Å². The number of methoxy groups -OCH3 is 1. The summed E-state index contributed by atoms with van der Waals surface area (Å²) in [6.07, 6.45) is 4.49. The molecule has 0 aliphatic rings. The summed E-state index contributed by atoms with van der Waals surface area (Å²) in [4.78, 5) is 0. The van der Waals surface area contributed by atoms with Crippen LogP contribution in [0.3, 0.4) is 0 Å². The van der Waals surface area contributed by atoms with Crippen LogP contribution in [0.15, 0.2) is 58.8 Å². The lowest BCUT2D eigenvalue weighted by Crippen LogP contribution is -2.01. The summed E-state index contributed by atoms with van der Waals surface area (Å²) in [5, 5.41) is 9.60. The molecule has 0 spiro atoms. The average Bonchev–Trinajstić information content (AvgIpc) is 3.22. The molecule has 0 unspecified atom stereocenters. The van der Waals surface area contributed by atoms with Crippen molar-refractivity contribution >= 4 is 11.8 Å². The average molecular weight is 355 g/mol. The van der Waals surface area contributed by atoms with Crippen LogP contribution >= 0.6 is 11.8 Å². The van der Waals surface area contributed by atoms with Crippen LogP contribution in [0.2, 0.25) is 0 Å². The van der Waals surface area contributed by atoms with Crippen molar-refractivity contribution in [2.45, 2.75) is 25.0 Å². The van der Waals surface area contributed by atoms with Crippen LogP contribution in [0.1, 0.15) is 11.3 Å². The Morgan fingerprint density at radius 2 is 2.04 bits per heavy atom. The first-order chi connectivity index (χ1) is 12.2. The molecule has 6 heteroatoms. The normalized spacial score (nSPS) is 10.8. The maximum absolute atomic E-state index is 5.40. The van der Waals surface area contributed by atoms with E-state index in [-0.39, 0.29) is 0 Å². The van der Waals surface area contributed by atoms with Gasteiger partial charge < -0.3 is 9.15 Å². The molecule has 0 N–H and O–H groups in total. The molecule has 3 rings (SSSR count). The van der Waals surface area contributed by atoms with Gasteiger partial charge in [-0.05, 0) is 37.1 Å². The third-order valence-corrected chi connectivity index (χ3v) is 4.88. The first kappa shape index (κ1) is 17.4. The molecule has 3 aromatic rings. The van der Waals surface area contributed by atoms with Crippen LogP contribution in [0.4, 0.5) is 0 Å². The number of hydrogen-bond acceptors (Lipinski definition) is 5. The number of aryl methyl sites for hydroxylation is 2. The van der Waals surface area contributed by atoms with E-state index in [2.05, 4.69) is 33.5 Å². The summed E-state index contributed by atoms with van der Waals surface area (Å²) >= 11 is 1.70. The van der Waals surface area contributed by atoms with E-state index in [1.807, 2.05) is 31.2 Å². The van der Waals surface area contributed by atoms with Gasteiger partial charge in [0.25, 0.3) is 0 Å². The molecule has 0 bridgehead atoms. The smallest absolute Gasteiger partial charge is 0.191 e. The highest BCUT2D eigenvalue weighted by molar-refractivity contribution is 7.99. The first-order valence-electron chi connectivity index (χ1n) is 8.07. The molecule has 2 heterocycles. The first-order valence-corrected chi connectivity index (χ1v) is 9.05. The zero-order valence-electron chi connectivity index (χ0n) is 14.4. The fourth-order valence-electron chi connectivity index (χ4n) is 2.56. The SMILES string of the molecule is C=CCn1c(SCCc2ccc(OC)cc2)nnc1-c1ccoc1C. The zero-order chi connectivity index (χ0) is 17.6. The molecule has 25 heavy (non-hydrogen) atoms. The van der Waals surface area contributed by atoms with Crippen molar-refractivity contribution in [2.75, 3.05) is 12.9 Å². The number of thioether (sulfide) groups is 1. The molecule has 130 valence electrons. The van der Waals surface area contributed by atoms with E-state index >= 15 is 0 Å². The standard InChI is InChI=1S/C19H21N3O2S/c1-4-11-22-18(17-9-12-24-14(17)2)20-21-19(22)25-13-10-15-5-7-16(23-3)8-6-15/h4-9,12H,1,10-11,13H2,2-3H3. The Bertz CT molecular complexity index is 837. The summed E-state index contributed by atoms with van der Waals surface area (Å²) in [7, 11) is 1.68. The minimum atomic E-state index is 0.665. The minimum absolute atomic E-state index is 0.665. The lowest BCUT2D eigenvalue weighted by molar-refractivity contribution is 0.414. The van der Waals surface area contributed by atoms with Gasteiger partial charge in [-0.25, -0.2) is 0 Å². The Morgan fingerprint density at radius 3 is 2.68 bits per heavy atom. The maximum Gasteiger partial charge on any atom is 0.191 e. The number of hydrogen-bond donors (Lipinski definition) is 0. The second-order valence-electron chi connectivity index (χ2n) is 5.54. The molecule has 0 atom stereocenters. The summed E-state index contributed by atoms with van der Waals surface area (Å²) in [5.74, 6) is 3.46. The molecular formula is C19H21N3O2S. The Hall–Kier alpha value is -2.47. The molecule has 5 nitrogen and oxygen atoms in total. The fourth-order valence-corrected chi connectivity index (χ4v) is 3.49. The van der Waals surface area contributed by atoms with Crippen LogP contribution in [0.25, 0.3) is 11.4 Å². The van der Waals surface area contributed by atoms with Crippen molar-refractivity contribution in [3.63, 3.8) is 0 Å². The molecule has 2 aromatic heterocycles. The van der Waals surface area contributed by atoms with Crippen LogP contribution in [-0.2, 0) is 13.0 Å². The molecule has 0 radical (unpaired) electrons. The second kappa shape index (κ2) is 8.07. The minimum Gasteiger partial charge on any atom is -0.497 e. The van der Waals surface area contributed by atoms with E-state index in [1.165, 1.54) is 5.56 Å². The lowest BCUT2D eigenvalue weighted by atomic mass is 10.2. The second-order valence-corrected chi connectivity index (χ2v) is 6.60. The van der Waals surface area contributed by atoms with Gasteiger partial charge in [-0.1, -0.05) is 30.0 Å². The molecule has 1 aromatic carbocycles. The third kappa shape index (κ3) is 3.96. The maximum atomic E-state index is 5.40. The largest absolute Gasteiger partial charge is 0.497 e. The Balaban J connectivity index is 1.70. The predicted molar refractivity (Wildman–Crippen MR) is 100 cm³/mol. The number of benzene rings is 1. The van der Waals surface area contributed by atoms with Crippen molar-refractivity contribution in [1.82, 2.24) is 14.8 Å². The molecule has 0 saturated carbocycles. The third-order valence-electron chi connectivity index (χ3n) is 3.91. The van der Waals surface area contributed by atoms with Gasteiger partial charge in [0.1, 0.15) is 11.5 Å². The highest BCUT2D eigenvalue weighted by Gasteiger charge is 2.16. The number of allylic oxidation sites excluding steroid dienone is 1. The van der Waals surface area contributed by atoms with Crippen LogP contribution in [0, 0.1) is 6.92 Å². The van der Waals surface area contributed by atoms with E-state index in [0.29, 0.717) is 6.54 Å². The van der Waals surface area contributed by atoms with Crippen molar-refractivity contribution in [3.8, 4) is 17.1 Å². The van der Waals surface area contributed by atoms with Gasteiger partial charge in [0, 0.05) is 12.3 Å². The van der Waals surface area contributed by atoms with E-state index in [1.54, 1.807) is 25.1 Å². The lowest BCUT2D eigenvalue weighted by Gasteiger charge is -2.07. The number of rotatable bonds is 8. The Morgan fingerprint density at radius 1 is 1.24 bits per heavy atom. The Kier molecular flexibility index (Phi) is 5.60. The monoisotopic (exact) mass is 355 g/mol. The topological polar surface area (TPSA) is 53.1 Å². The summed E-state index contributed by atoms with van der Waals surface area (Å²) in [6, 6.07) is 10.1. The van der Waals surface area contributed by atoms with E-state index in [4.69, 9.17) is 9.15 Å². The molecule has 0 amide bonds. The van der Waals surface area contributed by atoms with E-state index < -0.39 is 0 Å². The highest BCUT2D eigenvalue weighted by atomic mass is 32.2. The van der Waals surface area contributed by atoms with Gasteiger partial charge in [0.15, 0.2) is 11.0 Å². The van der Waals surface area contributed by atoms with Crippen molar-refractivity contribution in [1.29, 1.82) is 0 Å².